The Balaban J connectivity index is 1.99. The van der Waals surface area contributed by atoms with E-state index >= 15 is 0 Å². The van der Waals surface area contributed by atoms with Gasteiger partial charge in [-0.1, -0.05) is 0 Å². The lowest BCUT2D eigenvalue weighted by molar-refractivity contribution is -0.114. The molecule has 2 N–H and O–H groups in total. The Kier molecular flexibility index (Phi) is 7.77. The van der Waals surface area contributed by atoms with Crippen LogP contribution in [0.2, 0.25) is 0 Å². The fourth-order valence-electron chi connectivity index (χ4n) is 3.75. The largest absolute Gasteiger partial charge is 0.465 e. The molecular weight excluding hydrogens is 462 g/mol. The van der Waals surface area contributed by atoms with E-state index in [9.17, 15) is 22.8 Å². The number of nitrogens with one attached hydrogen (secondary N) is 2. The standard InChI is InChI=1S/C23H27N3O7S/c1-15(27)24-20-14-19(7-8-21(20)26-9-5-4-6-10-26)34(30,31)25-18-12-16(22(28)32-2)11-17(13-18)23(29)33-3/h7-8,11-14,25H,4-6,9-10H2,1-3H3,(H,24,27). The number of methoxy groups -OCH3 is 2. The predicted molar refractivity (Wildman–Crippen MR) is 127 cm³/mol. The molecule has 0 spiro atoms. The molecule has 3 rings (SSSR count). The molecule has 1 aliphatic rings. The van der Waals surface area contributed by atoms with Gasteiger partial charge < -0.3 is 19.7 Å². The minimum Gasteiger partial charge on any atom is -0.465 e. The van der Waals surface area contributed by atoms with Gasteiger partial charge in [-0.05, 0) is 55.7 Å². The van der Waals surface area contributed by atoms with Crippen molar-refractivity contribution in [1.29, 1.82) is 0 Å². The zero-order valence-corrected chi connectivity index (χ0v) is 20.0. The molecule has 0 atom stereocenters. The van der Waals surface area contributed by atoms with Gasteiger partial charge >= 0.3 is 11.9 Å². The van der Waals surface area contributed by atoms with Gasteiger partial charge in [0.2, 0.25) is 5.91 Å². The first kappa shape index (κ1) is 25.0. The zero-order valence-electron chi connectivity index (χ0n) is 19.2. The Bertz CT molecular complexity index is 1170. The number of carbonyl (C=O) groups is 3. The van der Waals surface area contributed by atoms with Crippen molar-refractivity contribution in [3.05, 3.63) is 47.5 Å². The van der Waals surface area contributed by atoms with Crippen LogP contribution in [0.5, 0.6) is 0 Å². The van der Waals surface area contributed by atoms with Gasteiger partial charge in [-0.3, -0.25) is 9.52 Å². The van der Waals surface area contributed by atoms with Crippen molar-refractivity contribution in [3.8, 4) is 0 Å². The Hall–Kier alpha value is -3.60. The van der Waals surface area contributed by atoms with Gasteiger partial charge in [-0.15, -0.1) is 0 Å². The van der Waals surface area contributed by atoms with Crippen LogP contribution >= 0.6 is 0 Å². The number of carbonyl (C=O) groups excluding carboxylic acids is 3. The van der Waals surface area contributed by atoms with E-state index < -0.39 is 22.0 Å². The molecule has 182 valence electrons. The molecule has 1 aliphatic heterocycles. The van der Waals surface area contributed by atoms with Crippen LogP contribution in [-0.2, 0) is 24.3 Å². The third-order valence-electron chi connectivity index (χ3n) is 5.31. The lowest BCUT2D eigenvalue weighted by atomic mass is 10.1. The van der Waals surface area contributed by atoms with Crippen LogP contribution in [-0.4, -0.2) is 53.6 Å². The summed E-state index contributed by atoms with van der Waals surface area (Å²) in [6, 6.07) is 8.26. The van der Waals surface area contributed by atoms with Gasteiger partial charge in [0.05, 0.1) is 47.3 Å². The molecule has 0 aromatic heterocycles. The first-order valence-corrected chi connectivity index (χ1v) is 12.1. The van der Waals surface area contributed by atoms with Crippen LogP contribution in [0.4, 0.5) is 17.1 Å². The summed E-state index contributed by atoms with van der Waals surface area (Å²) in [5.41, 5.74) is 1.06. The van der Waals surface area contributed by atoms with Crippen LogP contribution in [0.15, 0.2) is 41.3 Å². The number of hydrogen-bond donors (Lipinski definition) is 2. The second-order valence-electron chi connectivity index (χ2n) is 7.80. The summed E-state index contributed by atoms with van der Waals surface area (Å²) in [4.78, 5) is 37.8. The lowest BCUT2D eigenvalue weighted by Gasteiger charge is -2.30. The van der Waals surface area contributed by atoms with E-state index in [-0.39, 0.29) is 27.6 Å². The molecule has 0 unspecified atom stereocenters. The summed E-state index contributed by atoms with van der Waals surface area (Å²) in [5, 5.41) is 2.72. The van der Waals surface area contributed by atoms with E-state index in [0.717, 1.165) is 38.0 Å². The summed E-state index contributed by atoms with van der Waals surface area (Å²) < 4.78 is 38.1. The first-order chi connectivity index (χ1) is 16.1. The van der Waals surface area contributed by atoms with Crippen molar-refractivity contribution in [3.63, 3.8) is 0 Å². The Labute approximate surface area is 198 Å². The van der Waals surface area contributed by atoms with E-state index in [1.54, 1.807) is 6.07 Å². The van der Waals surface area contributed by atoms with Crippen LogP contribution in [0.3, 0.4) is 0 Å². The fourth-order valence-corrected chi connectivity index (χ4v) is 4.82. The lowest BCUT2D eigenvalue weighted by Crippen LogP contribution is -2.30. The average Bonchev–Trinajstić information content (AvgIpc) is 2.82. The molecule has 11 heteroatoms. The van der Waals surface area contributed by atoms with Gasteiger partial charge in [-0.2, -0.15) is 0 Å². The fraction of sp³-hybridized carbons (Fsp3) is 0.348. The molecule has 10 nitrogen and oxygen atoms in total. The maximum absolute atomic E-state index is 13.2. The highest BCUT2D eigenvalue weighted by Gasteiger charge is 2.22. The maximum Gasteiger partial charge on any atom is 0.337 e. The van der Waals surface area contributed by atoms with Crippen LogP contribution in [0.25, 0.3) is 0 Å². The molecule has 2 aromatic rings. The van der Waals surface area contributed by atoms with Gasteiger partial charge in [0.15, 0.2) is 0 Å². The van der Waals surface area contributed by atoms with Crippen LogP contribution in [0.1, 0.15) is 46.9 Å². The van der Waals surface area contributed by atoms with Crippen molar-refractivity contribution in [2.24, 2.45) is 0 Å². The molecule has 0 bridgehead atoms. The molecule has 1 heterocycles. The van der Waals surface area contributed by atoms with E-state index in [2.05, 4.69) is 24.4 Å². The topological polar surface area (TPSA) is 131 Å². The number of amides is 1. The number of anilines is 3. The first-order valence-electron chi connectivity index (χ1n) is 10.7. The number of rotatable bonds is 7. The van der Waals surface area contributed by atoms with Crippen molar-refractivity contribution in [1.82, 2.24) is 0 Å². The normalized spacial score (nSPS) is 13.7. The summed E-state index contributed by atoms with van der Waals surface area (Å²) in [6.07, 6.45) is 3.15. The number of nitrogens with zero attached hydrogens (tertiary/aromatic N) is 1. The van der Waals surface area contributed by atoms with E-state index in [4.69, 9.17) is 0 Å². The molecule has 0 aliphatic carbocycles. The third kappa shape index (κ3) is 5.84. The molecular formula is C23H27N3O7S. The number of esters is 2. The Morgan fingerprint density at radius 1 is 0.882 bits per heavy atom. The minimum absolute atomic E-state index is 0.0236. The smallest absolute Gasteiger partial charge is 0.337 e. The Morgan fingerprint density at radius 2 is 1.47 bits per heavy atom. The number of piperidine rings is 1. The average molecular weight is 490 g/mol. The van der Waals surface area contributed by atoms with Crippen LogP contribution < -0.4 is 14.9 Å². The summed E-state index contributed by atoms with van der Waals surface area (Å²) in [6.45, 7) is 2.98. The predicted octanol–water partition coefficient (Wildman–Crippen LogP) is 3.01. The quantitative estimate of drug-likeness (QED) is 0.568. The highest BCUT2D eigenvalue weighted by atomic mass is 32.2. The second kappa shape index (κ2) is 10.6. The Morgan fingerprint density at radius 3 is 2.00 bits per heavy atom. The molecule has 34 heavy (non-hydrogen) atoms. The van der Waals surface area contributed by atoms with E-state index in [0.29, 0.717) is 5.69 Å². The molecule has 2 aromatic carbocycles. The van der Waals surface area contributed by atoms with E-state index in [1.807, 2.05) is 0 Å². The van der Waals surface area contributed by atoms with Crippen molar-refractivity contribution in [2.45, 2.75) is 31.1 Å². The highest BCUT2D eigenvalue weighted by Crippen LogP contribution is 2.32. The molecule has 0 saturated carbocycles. The summed E-state index contributed by atoms with van der Waals surface area (Å²) in [7, 11) is -1.80. The molecule has 0 radical (unpaired) electrons. The highest BCUT2D eigenvalue weighted by molar-refractivity contribution is 7.92. The van der Waals surface area contributed by atoms with Gasteiger partial charge in [-0.25, -0.2) is 18.0 Å². The van der Waals surface area contributed by atoms with Crippen molar-refractivity contribution >= 4 is 44.9 Å². The van der Waals surface area contributed by atoms with Gasteiger partial charge in [0.1, 0.15) is 0 Å². The monoisotopic (exact) mass is 489 g/mol. The van der Waals surface area contributed by atoms with Crippen molar-refractivity contribution in [2.75, 3.05) is 42.2 Å². The minimum atomic E-state index is -4.14. The molecule has 1 fully saturated rings. The SMILES string of the molecule is COC(=O)c1cc(NS(=O)(=O)c2ccc(N3CCCCC3)c(NC(C)=O)c2)cc(C(=O)OC)c1. The van der Waals surface area contributed by atoms with Gasteiger partial charge in [0, 0.05) is 20.0 Å². The molecule has 1 amide bonds. The molecule has 1 saturated heterocycles. The van der Waals surface area contributed by atoms with Gasteiger partial charge in [0.25, 0.3) is 10.0 Å². The van der Waals surface area contributed by atoms with E-state index in [1.165, 1.54) is 51.5 Å². The van der Waals surface area contributed by atoms with Crippen LogP contribution in [0, 0.1) is 0 Å². The number of ether oxygens (including phenoxy) is 2. The zero-order chi connectivity index (χ0) is 24.9. The summed E-state index contributed by atoms with van der Waals surface area (Å²) in [5.74, 6) is -1.82. The number of sulfonamides is 1. The third-order valence-corrected chi connectivity index (χ3v) is 6.69. The summed E-state index contributed by atoms with van der Waals surface area (Å²) >= 11 is 0. The second-order valence-corrected chi connectivity index (χ2v) is 9.48. The van der Waals surface area contributed by atoms with Crippen molar-refractivity contribution < 1.29 is 32.3 Å². The maximum atomic E-state index is 13.2. The number of benzene rings is 2. The number of hydrogen-bond acceptors (Lipinski definition) is 8.